The van der Waals surface area contributed by atoms with E-state index in [-0.39, 0.29) is 17.7 Å². The van der Waals surface area contributed by atoms with E-state index in [0.29, 0.717) is 17.9 Å². The van der Waals surface area contributed by atoms with Gasteiger partial charge in [-0.1, -0.05) is 38.1 Å². The van der Waals surface area contributed by atoms with Crippen LogP contribution in [0.25, 0.3) is 0 Å². The number of nitrogens with one attached hydrogen (secondary N) is 3. The number of nitrogens with zero attached hydrogens (tertiary/aromatic N) is 2. The Labute approximate surface area is 187 Å². The molecule has 3 N–H and O–H groups in total. The van der Waals surface area contributed by atoms with E-state index in [0.717, 1.165) is 5.56 Å². The maximum absolute atomic E-state index is 13.6. The first kappa shape index (κ1) is 23.2. The summed E-state index contributed by atoms with van der Waals surface area (Å²) in [7, 11) is 1.67. The van der Waals surface area contributed by atoms with Crippen molar-refractivity contribution < 1.29 is 19.1 Å². The number of hydrogen-bond donors (Lipinski definition) is 3. The zero-order valence-corrected chi connectivity index (χ0v) is 18.7. The molecule has 3 atom stereocenters. The Kier molecular flexibility index (Phi) is 7.42. The fraction of sp³-hybridized carbons (Fsp3) is 0.391. The molecule has 0 saturated heterocycles. The van der Waals surface area contributed by atoms with Gasteiger partial charge >= 0.3 is 6.09 Å². The van der Waals surface area contributed by atoms with Crippen molar-refractivity contribution in [3.05, 3.63) is 54.2 Å². The van der Waals surface area contributed by atoms with Crippen LogP contribution in [0.5, 0.6) is 0 Å². The highest BCUT2D eigenvalue weighted by molar-refractivity contribution is 6.01. The molecule has 0 bridgehead atoms. The van der Waals surface area contributed by atoms with Crippen LogP contribution in [0.2, 0.25) is 0 Å². The number of aromatic nitrogens is 1. The molecule has 3 rings (SSSR count). The normalized spacial score (nSPS) is 16.8. The van der Waals surface area contributed by atoms with Crippen LogP contribution in [-0.4, -0.2) is 48.3 Å². The number of anilines is 2. The van der Waals surface area contributed by atoms with Crippen molar-refractivity contribution in [3.8, 4) is 0 Å². The third kappa shape index (κ3) is 5.23. The molecule has 0 fully saturated rings. The summed E-state index contributed by atoms with van der Waals surface area (Å²) in [6.07, 6.45) is 0.331. The lowest BCUT2D eigenvalue weighted by Crippen LogP contribution is -2.56. The van der Waals surface area contributed by atoms with Gasteiger partial charge in [0.2, 0.25) is 5.91 Å². The maximum Gasteiger partial charge on any atom is 0.413 e. The van der Waals surface area contributed by atoms with Crippen LogP contribution in [0.15, 0.2) is 48.7 Å². The molecular weight excluding hydrogens is 410 g/mol. The molecule has 0 saturated carbocycles. The number of pyridine rings is 1. The topological polar surface area (TPSA) is 113 Å². The van der Waals surface area contributed by atoms with E-state index < -0.39 is 24.4 Å². The molecule has 0 radical (unpaired) electrons. The molecule has 0 unspecified atom stereocenters. The summed E-state index contributed by atoms with van der Waals surface area (Å²) in [5.74, 6) is -0.440. The van der Waals surface area contributed by atoms with Crippen molar-refractivity contribution >= 4 is 29.4 Å². The first-order valence-corrected chi connectivity index (χ1v) is 10.6. The predicted octanol–water partition coefficient (Wildman–Crippen LogP) is 2.29. The van der Waals surface area contributed by atoms with E-state index in [1.807, 2.05) is 26.0 Å². The summed E-state index contributed by atoms with van der Waals surface area (Å²) in [4.78, 5) is 44.3. The molecule has 1 aromatic carbocycles. The average molecular weight is 440 g/mol. The maximum atomic E-state index is 13.6. The second-order valence-electron chi connectivity index (χ2n) is 7.99. The van der Waals surface area contributed by atoms with Gasteiger partial charge in [0.15, 0.2) is 6.23 Å². The van der Waals surface area contributed by atoms with Gasteiger partial charge in [0.25, 0.3) is 5.91 Å². The van der Waals surface area contributed by atoms with Gasteiger partial charge in [-0.05, 0) is 38.1 Å². The smallest absolute Gasteiger partial charge is 0.413 e. The predicted molar refractivity (Wildman–Crippen MR) is 121 cm³/mol. The Bertz CT molecular complexity index is 966. The number of para-hydroxylation sites is 1. The van der Waals surface area contributed by atoms with E-state index in [2.05, 4.69) is 20.9 Å². The zero-order valence-electron chi connectivity index (χ0n) is 18.7. The summed E-state index contributed by atoms with van der Waals surface area (Å²) >= 11 is 0. The van der Waals surface area contributed by atoms with E-state index in [4.69, 9.17) is 4.74 Å². The van der Waals surface area contributed by atoms with Crippen LogP contribution >= 0.6 is 0 Å². The quantitative estimate of drug-likeness (QED) is 0.610. The van der Waals surface area contributed by atoms with Gasteiger partial charge < -0.3 is 15.4 Å². The number of fused-ring (bicyclic) bond motifs is 1. The highest BCUT2D eigenvalue weighted by atomic mass is 16.6. The largest absolute Gasteiger partial charge is 0.424 e. The van der Waals surface area contributed by atoms with Gasteiger partial charge in [-0.3, -0.25) is 19.8 Å². The van der Waals surface area contributed by atoms with E-state index >= 15 is 0 Å². The van der Waals surface area contributed by atoms with Crippen molar-refractivity contribution in [2.75, 3.05) is 17.3 Å². The monoisotopic (exact) mass is 439 g/mol. The summed E-state index contributed by atoms with van der Waals surface area (Å²) < 4.78 is 5.63. The summed E-state index contributed by atoms with van der Waals surface area (Å²) in [5.41, 5.74) is 1.37. The van der Waals surface area contributed by atoms with Gasteiger partial charge in [-0.15, -0.1) is 0 Å². The molecule has 2 aromatic rings. The second kappa shape index (κ2) is 10.2. The van der Waals surface area contributed by atoms with Gasteiger partial charge in [0.05, 0.1) is 6.04 Å². The van der Waals surface area contributed by atoms with Crippen molar-refractivity contribution in [2.45, 2.75) is 45.5 Å². The van der Waals surface area contributed by atoms with Crippen LogP contribution in [-0.2, 0) is 20.7 Å². The zero-order chi connectivity index (χ0) is 23.3. The van der Waals surface area contributed by atoms with Crippen molar-refractivity contribution in [2.24, 2.45) is 5.92 Å². The molecular formula is C23H29N5O4. The van der Waals surface area contributed by atoms with Crippen LogP contribution < -0.4 is 20.9 Å². The lowest BCUT2D eigenvalue weighted by molar-refractivity contribution is -0.130. The highest BCUT2D eigenvalue weighted by Gasteiger charge is 2.41. The Morgan fingerprint density at radius 3 is 2.47 bits per heavy atom. The summed E-state index contributed by atoms with van der Waals surface area (Å²) in [6, 6.07) is 11.2. The van der Waals surface area contributed by atoms with E-state index in [1.54, 1.807) is 50.5 Å². The van der Waals surface area contributed by atoms with Crippen molar-refractivity contribution in [1.82, 2.24) is 15.6 Å². The first-order chi connectivity index (χ1) is 15.3. The number of likely N-dealkylation sites (N-methyl/N-ethyl adjacent to an activating group) is 1. The van der Waals surface area contributed by atoms with Crippen molar-refractivity contribution in [3.63, 3.8) is 0 Å². The van der Waals surface area contributed by atoms with Gasteiger partial charge in [-0.2, -0.15) is 0 Å². The van der Waals surface area contributed by atoms with Crippen LogP contribution in [0.3, 0.4) is 0 Å². The molecule has 9 heteroatoms. The fourth-order valence-electron chi connectivity index (χ4n) is 3.43. The first-order valence-electron chi connectivity index (χ1n) is 10.6. The Morgan fingerprint density at radius 1 is 1.09 bits per heavy atom. The Morgan fingerprint density at radius 2 is 1.81 bits per heavy atom. The lowest BCUT2D eigenvalue weighted by atomic mass is 10.0. The van der Waals surface area contributed by atoms with E-state index in [9.17, 15) is 14.4 Å². The van der Waals surface area contributed by atoms with E-state index in [1.165, 1.54) is 4.90 Å². The molecule has 3 amide bonds. The SMILES string of the molecule is CN[C@@H](C)C(=O)N[C@H](C(=O)N1c2ncccc2C[C@@H]1OC(=O)Nc1ccccc1)C(C)C. The number of ether oxygens (including phenoxy) is 1. The number of carbonyl (C=O) groups is 3. The molecule has 1 aliphatic rings. The van der Waals surface area contributed by atoms with Gasteiger partial charge in [0, 0.05) is 23.9 Å². The minimum atomic E-state index is -0.879. The number of benzene rings is 1. The third-order valence-electron chi connectivity index (χ3n) is 5.34. The number of carbonyl (C=O) groups excluding carboxylic acids is 3. The van der Waals surface area contributed by atoms with Crippen molar-refractivity contribution in [1.29, 1.82) is 0 Å². The molecule has 2 heterocycles. The molecule has 1 aromatic heterocycles. The van der Waals surface area contributed by atoms with Crippen LogP contribution in [0, 0.1) is 5.92 Å². The number of rotatable bonds is 7. The number of amides is 3. The molecule has 0 aliphatic carbocycles. The number of hydrogen-bond acceptors (Lipinski definition) is 6. The minimum Gasteiger partial charge on any atom is -0.424 e. The molecule has 32 heavy (non-hydrogen) atoms. The highest BCUT2D eigenvalue weighted by Crippen LogP contribution is 2.32. The standard InChI is InChI=1S/C23H29N5O4/c1-14(2)19(27-21(29)15(3)24-4)22(30)28-18(13-16-9-8-12-25-20(16)28)32-23(31)26-17-10-6-5-7-11-17/h5-12,14-15,18-19,24H,13H2,1-4H3,(H,26,31)(H,27,29)/t15-,18-,19-/m0/s1. The summed E-state index contributed by atoms with van der Waals surface area (Å²) in [5, 5.41) is 8.34. The van der Waals surface area contributed by atoms with Crippen LogP contribution in [0.1, 0.15) is 26.3 Å². The van der Waals surface area contributed by atoms with Gasteiger partial charge in [0.1, 0.15) is 11.9 Å². The molecule has 0 spiro atoms. The average Bonchev–Trinajstić information content (AvgIpc) is 3.14. The summed E-state index contributed by atoms with van der Waals surface area (Å²) in [6.45, 7) is 5.41. The van der Waals surface area contributed by atoms with Gasteiger partial charge in [-0.25, -0.2) is 9.78 Å². The second-order valence-corrected chi connectivity index (χ2v) is 7.99. The molecule has 9 nitrogen and oxygen atoms in total. The minimum absolute atomic E-state index is 0.193. The molecule has 1 aliphatic heterocycles. The fourth-order valence-corrected chi connectivity index (χ4v) is 3.43. The molecule has 170 valence electrons. The van der Waals surface area contributed by atoms with Crippen LogP contribution in [0.4, 0.5) is 16.3 Å². The Balaban J connectivity index is 1.82. The Hall–Kier alpha value is -3.46. The lowest BCUT2D eigenvalue weighted by Gasteiger charge is -2.31. The third-order valence-corrected chi connectivity index (χ3v) is 5.34.